The Morgan fingerprint density at radius 3 is 2.19 bits per heavy atom. The fraction of sp³-hybridized carbons (Fsp3) is 0.190. The number of methoxy groups -OCH3 is 1. The lowest BCUT2D eigenvalue weighted by Gasteiger charge is -2.13. The smallest absolute Gasteiger partial charge is 0.336 e. The first kappa shape index (κ1) is 19.9. The Bertz CT molecular complexity index is 900. The first-order valence-corrected chi connectivity index (χ1v) is 8.23. The molecule has 0 aliphatic carbocycles. The molecule has 0 aliphatic rings. The minimum atomic E-state index is -1.23. The SMILES string of the molecule is COc1cc(/C(=C\c2cc(O)cc(O)c2)C(=O)O)cc(O)c1CC=C(C)C. The molecule has 0 unspecified atom stereocenters. The maximum Gasteiger partial charge on any atom is 0.336 e. The first-order valence-electron chi connectivity index (χ1n) is 8.23. The number of aromatic hydroxyl groups is 3. The number of carboxylic acid groups (broad SMARTS) is 1. The van der Waals surface area contributed by atoms with Crippen molar-refractivity contribution in [2.24, 2.45) is 0 Å². The molecular weight excluding hydrogens is 348 g/mol. The molecule has 0 aromatic heterocycles. The highest BCUT2D eigenvalue weighted by atomic mass is 16.5. The van der Waals surface area contributed by atoms with Gasteiger partial charge in [-0.1, -0.05) is 11.6 Å². The normalized spacial score (nSPS) is 11.1. The summed E-state index contributed by atoms with van der Waals surface area (Å²) in [6, 6.07) is 6.69. The molecule has 0 heterocycles. The van der Waals surface area contributed by atoms with E-state index in [1.165, 1.54) is 37.5 Å². The van der Waals surface area contributed by atoms with E-state index in [0.717, 1.165) is 11.6 Å². The van der Waals surface area contributed by atoms with Crippen molar-refractivity contribution in [3.05, 3.63) is 58.7 Å². The minimum absolute atomic E-state index is 0.0762. The first-order chi connectivity index (χ1) is 12.7. The molecule has 142 valence electrons. The highest BCUT2D eigenvalue weighted by molar-refractivity contribution is 6.20. The summed E-state index contributed by atoms with van der Waals surface area (Å²) in [5.74, 6) is -1.32. The van der Waals surface area contributed by atoms with E-state index in [4.69, 9.17) is 4.74 Å². The van der Waals surface area contributed by atoms with Gasteiger partial charge in [0.1, 0.15) is 23.0 Å². The topological polar surface area (TPSA) is 107 Å². The minimum Gasteiger partial charge on any atom is -0.508 e. The summed E-state index contributed by atoms with van der Waals surface area (Å²) in [5.41, 5.74) is 2.05. The monoisotopic (exact) mass is 370 g/mol. The van der Waals surface area contributed by atoms with Crippen molar-refractivity contribution in [3.63, 3.8) is 0 Å². The molecule has 0 fully saturated rings. The van der Waals surface area contributed by atoms with Gasteiger partial charge in [0, 0.05) is 11.6 Å². The number of ether oxygens (including phenoxy) is 1. The second-order valence-electron chi connectivity index (χ2n) is 6.31. The molecule has 0 saturated carbocycles. The van der Waals surface area contributed by atoms with Crippen molar-refractivity contribution < 1.29 is 30.0 Å². The van der Waals surface area contributed by atoms with Crippen molar-refractivity contribution >= 4 is 17.6 Å². The van der Waals surface area contributed by atoms with E-state index in [0.29, 0.717) is 23.3 Å². The number of phenolic OH excluding ortho intramolecular Hbond substituents is 3. The predicted octanol–water partition coefficient (Wildman–Crippen LogP) is 3.95. The zero-order valence-electron chi connectivity index (χ0n) is 15.4. The van der Waals surface area contributed by atoms with Gasteiger partial charge in [-0.25, -0.2) is 4.79 Å². The van der Waals surface area contributed by atoms with Gasteiger partial charge < -0.3 is 25.2 Å². The van der Waals surface area contributed by atoms with Crippen molar-refractivity contribution in [3.8, 4) is 23.0 Å². The van der Waals surface area contributed by atoms with Crippen LogP contribution in [0.1, 0.15) is 30.5 Å². The van der Waals surface area contributed by atoms with Crippen LogP contribution in [0.3, 0.4) is 0 Å². The summed E-state index contributed by atoms with van der Waals surface area (Å²) < 4.78 is 5.33. The van der Waals surface area contributed by atoms with E-state index >= 15 is 0 Å². The van der Waals surface area contributed by atoms with Crippen molar-refractivity contribution in [2.45, 2.75) is 20.3 Å². The van der Waals surface area contributed by atoms with Gasteiger partial charge in [-0.15, -0.1) is 0 Å². The largest absolute Gasteiger partial charge is 0.508 e. The summed E-state index contributed by atoms with van der Waals surface area (Å²) in [5, 5.41) is 39.2. The van der Waals surface area contributed by atoms with Gasteiger partial charge in [0.25, 0.3) is 0 Å². The molecule has 6 heteroatoms. The standard InChI is InChI=1S/C21H22O6/c1-12(2)4-5-17-19(24)9-14(10-20(17)27-3)18(21(25)26)8-13-6-15(22)11-16(23)7-13/h4,6-11,22-24H,5H2,1-3H3,(H,25,26)/b18-8+. The number of hydrogen-bond acceptors (Lipinski definition) is 5. The van der Waals surface area contributed by atoms with Crippen LogP contribution in [0.5, 0.6) is 23.0 Å². The zero-order valence-corrected chi connectivity index (χ0v) is 15.4. The van der Waals surface area contributed by atoms with E-state index in [-0.39, 0.29) is 28.4 Å². The van der Waals surface area contributed by atoms with Crippen LogP contribution in [-0.2, 0) is 11.2 Å². The molecule has 0 spiro atoms. The van der Waals surface area contributed by atoms with E-state index in [1.54, 1.807) is 0 Å². The van der Waals surface area contributed by atoms with Crippen molar-refractivity contribution in [2.75, 3.05) is 7.11 Å². The number of phenols is 3. The van der Waals surface area contributed by atoms with Gasteiger partial charge in [-0.05, 0) is 61.7 Å². The lowest BCUT2D eigenvalue weighted by molar-refractivity contribution is -0.130. The highest BCUT2D eigenvalue weighted by Crippen LogP contribution is 2.34. The van der Waals surface area contributed by atoms with E-state index < -0.39 is 5.97 Å². The van der Waals surface area contributed by atoms with Gasteiger partial charge in [-0.2, -0.15) is 0 Å². The Morgan fingerprint density at radius 2 is 1.67 bits per heavy atom. The zero-order chi connectivity index (χ0) is 20.1. The molecule has 2 rings (SSSR count). The summed E-state index contributed by atoms with van der Waals surface area (Å²) in [7, 11) is 1.45. The number of allylic oxidation sites excluding steroid dienone is 2. The molecular formula is C21H22O6. The lowest BCUT2D eigenvalue weighted by Crippen LogP contribution is -2.02. The van der Waals surface area contributed by atoms with Crippen LogP contribution in [-0.4, -0.2) is 33.5 Å². The van der Waals surface area contributed by atoms with Crippen LogP contribution < -0.4 is 4.74 Å². The highest BCUT2D eigenvalue weighted by Gasteiger charge is 2.17. The quantitative estimate of drug-likeness (QED) is 0.348. The van der Waals surface area contributed by atoms with Crippen LogP contribution >= 0.6 is 0 Å². The Hall–Kier alpha value is -3.41. The molecule has 2 aromatic rings. The molecule has 4 N–H and O–H groups in total. The van der Waals surface area contributed by atoms with Crippen LogP contribution in [0.25, 0.3) is 11.6 Å². The number of carbonyl (C=O) groups is 1. The average Bonchev–Trinajstić information content (AvgIpc) is 2.56. The number of carboxylic acids is 1. The Balaban J connectivity index is 2.58. The second kappa shape index (κ2) is 8.31. The third kappa shape index (κ3) is 5.04. The van der Waals surface area contributed by atoms with E-state index in [9.17, 15) is 25.2 Å². The number of rotatable bonds is 6. The van der Waals surface area contributed by atoms with E-state index in [1.807, 2.05) is 19.9 Å². The summed E-state index contributed by atoms with van der Waals surface area (Å²) in [6.07, 6.45) is 3.68. The molecule has 0 radical (unpaired) electrons. The number of hydrogen-bond donors (Lipinski definition) is 4. The fourth-order valence-electron chi connectivity index (χ4n) is 2.62. The maximum absolute atomic E-state index is 11.8. The van der Waals surface area contributed by atoms with Crippen LogP contribution in [0.4, 0.5) is 0 Å². The Morgan fingerprint density at radius 1 is 1.04 bits per heavy atom. The summed E-state index contributed by atoms with van der Waals surface area (Å²) in [6.45, 7) is 3.88. The lowest BCUT2D eigenvalue weighted by atomic mass is 9.98. The van der Waals surface area contributed by atoms with Gasteiger partial charge in [0.15, 0.2) is 0 Å². The molecule has 0 atom stereocenters. The average molecular weight is 370 g/mol. The molecule has 6 nitrogen and oxygen atoms in total. The molecule has 0 amide bonds. The van der Waals surface area contributed by atoms with Gasteiger partial charge in [-0.3, -0.25) is 0 Å². The molecule has 0 bridgehead atoms. The maximum atomic E-state index is 11.8. The van der Waals surface area contributed by atoms with E-state index in [2.05, 4.69) is 0 Å². The molecule has 27 heavy (non-hydrogen) atoms. The molecule has 0 aliphatic heterocycles. The second-order valence-corrected chi connectivity index (χ2v) is 6.31. The van der Waals surface area contributed by atoms with Crippen molar-refractivity contribution in [1.29, 1.82) is 0 Å². The van der Waals surface area contributed by atoms with Crippen LogP contribution in [0, 0.1) is 0 Å². The third-order valence-electron chi connectivity index (χ3n) is 3.90. The molecule has 2 aromatic carbocycles. The van der Waals surface area contributed by atoms with Crippen LogP contribution in [0.2, 0.25) is 0 Å². The summed E-state index contributed by atoms with van der Waals surface area (Å²) >= 11 is 0. The third-order valence-corrected chi connectivity index (χ3v) is 3.90. The fourth-order valence-corrected chi connectivity index (χ4v) is 2.62. The summed E-state index contributed by atoms with van der Waals surface area (Å²) in [4.78, 5) is 11.8. The number of aliphatic carboxylic acids is 1. The van der Waals surface area contributed by atoms with Gasteiger partial charge in [0.05, 0.1) is 12.7 Å². The predicted molar refractivity (Wildman–Crippen MR) is 103 cm³/mol. The Kier molecular flexibility index (Phi) is 6.13. The number of benzene rings is 2. The Labute approximate surface area is 157 Å². The van der Waals surface area contributed by atoms with Crippen molar-refractivity contribution in [1.82, 2.24) is 0 Å². The van der Waals surface area contributed by atoms with Gasteiger partial charge >= 0.3 is 5.97 Å². The molecule has 0 saturated heterocycles. The van der Waals surface area contributed by atoms with Crippen LogP contribution in [0.15, 0.2) is 42.0 Å². The van der Waals surface area contributed by atoms with Gasteiger partial charge in [0.2, 0.25) is 0 Å².